The van der Waals surface area contributed by atoms with Crippen molar-refractivity contribution in [1.82, 2.24) is 14.1 Å². The Morgan fingerprint density at radius 3 is 2.70 bits per heavy atom. The third-order valence-corrected chi connectivity index (χ3v) is 4.56. The molecule has 0 amide bonds. The molecular formula is C18H14BrN3O. The number of rotatable bonds is 2. The fraction of sp³-hybridized carbons (Fsp3) is 0.111. The Morgan fingerprint density at radius 2 is 1.91 bits per heavy atom. The second kappa shape index (κ2) is 5.35. The average Bonchev–Trinajstić information content (AvgIpc) is 2.86. The highest BCUT2D eigenvalue weighted by atomic mass is 79.9. The molecule has 4 aromatic rings. The number of aryl methyl sites for hydroxylation is 1. The van der Waals surface area contributed by atoms with Gasteiger partial charge in [-0.1, -0.05) is 46.3 Å². The van der Waals surface area contributed by atoms with E-state index in [2.05, 4.69) is 37.6 Å². The molecule has 4 nitrogen and oxygen atoms in total. The Bertz CT molecular complexity index is 1080. The number of nitrogens with zero attached hydrogens (tertiary/aromatic N) is 3. The lowest BCUT2D eigenvalue weighted by molar-refractivity contribution is 0.809. The van der Waals surface area contributed by atoms with Gasteiger partial charge in [-0.05, 0) is 23.8 Å². The molecule has 0 aliphatic rings. The largest absolute Gasteiger partial charge is 0.330 e. The second-order valence-electron chi connectivity index (χ2n) is 5.59. The van der Waals surface area contributed by atoms with E-state index < -0.39 is 0 Å². The summed E-state index contributed by atoms with van der Waals surface area (Å²) in [6, 6.07) is 16.2. The van der Waals surface area contributed by atoms with Gasteiger partial charge in [0, 0.05) is 23.5 Å². The van der Waals surface area contributed by atoms with Crippen LogP contribution in [0.25, 0.3) is 21.9 Å². The summed E-state index contributed by atoms with van der Waals surface area (Å²) in [5.74, 6) is 0. The zero-order valence-corrected chi connectivity index (χ0v) is 14.1. The summed E-state index contributed by atoms with van der Waals surface area (Å²) in [6.45, 7) is 0.642. The molecule has 0 aliphatic heterocycles. The van der Waals surface area contributed by atoms with E-state index in [1.165, 1.54) is 4.57 Å². The molecule has 5 heteroatoms. The molecule has 0 aliphatic carbocycles. The topological polar surface area (TPSA) is 39.8 Å². The summed E-state index contributed by atoms with van der Waals surface area (Å²) in [5, 5.41) is 0.989. The Kier molecular flexibility index (Phi) is 3.31. The third kappa shape index (κ3) is 2.28. The molecule has 114 valence electrons. The Morgan fingerprint density at radius 1 is 1.13 bits per heavy atom. The maximum Gasteiger partial charge on any atom is 0.277 e. The number of fused-ring (bicyclic) bond motifs is 3. The number of hydrogen-bond donors (Lipinski definition) is 0. The molecule has 0 spiro atoms. The lowest BCUT2D eigenvalue weighted by Gasteiger charge is -2.07. The van der Waals surface area contributed by atoms with Crippen molar-refractivity contribution in [3.05, 3.63) is 75.2 Å². The molecule has 0 unspecified atom stereocenters. The molecule has 0 atom stereocenters. The molecule has 0 saturated carbocycles. The number of hydrogen-bond acceptors (Lipinski definition) is 2. The minimum absolute atomic E-state index is 0.0294. The lowest BCUT2D eigenvalue weighted by atomic mass is 10.2. The van der Waals surface area contributed by atoms with Crippen LogP contribution < -0.4 is 5.56 Å². The summed E-state index contributed by atoms with van der Waals surface area (Å²) in [6.07, 6.45) is 1.58. The SMILES string of the molecule is Cn1cnc2c3cc(Br)ccc3n(Cc3ccccc3)c2c1=O. The van der Waals surface area contributed by atoms with Gasteiger partial charge in [-0.2, -0.15) is 0 Å². The van der Waals surface area contributed by atoms with Crippen LogP contribution in [0.1, 0.15) is 5.56 Å². The van der Waals surface area contributed by atoms with Crippen LogP contribution in [-0.4, -0.2) is 14.1 Å². The highest BCUT2D eigenvalue weighted by Gasteiger charge is 2.16. The molecule has 0 bridgehead atoms. The van der Waals surface area contributed by atoms with Gasteiger partial charge in [0.1, 0.15) is 11.0 Å². The van der Waals surface area contributed by atoms with Crippen LogP contribution in [-0.2, 0) is 13.6 Å². The standard InChI is InChI=1S/C18H14BrN3O/c1-21-11-20-16-14-9-13(19)7-8-15(14)22(17(16)18(21)23)10-12-5-3-2-4-6-12/h2-9,11H,10H2,1H3. The molecule has 4 rings (SSSR count). The van der Waals surface area contributed by atoms with Gasteiger partial charge < -0.3 is 9.13 Å². The van der Waals surface area contributed by atoms with Crippen molar-refractivity contribution >= 4 is 37.9 Å². The van der Waals surface area contributed by atoms with E-state index in [0.717, 1.165) is 26.5 Å². The first-order valence-corrected chi connectivity index (χ1v) is 8.11. The predicted molar refractivity (Wildman–Crippen MR) is 95.7 cm³/mol. The zero-order valence-electron chi connectivity index (χ0n) is 12.5. The van der Waals surface area contributed by atoms with Gasteiger partial charge in [0.15, 0.2) is 0 Å². The molecule has 0 N–H and O–H groups in total. The molecule has 0 radical (unpaired) electrons. The van der Waals surface area contributed by atoms with Crippen molar-refractivity contribution < 1.29 is 0 Å². The highest BCUT2D eigenvalue weighted by Crippen LogP contribution is 2.28. The van der Waals surface area contributed by atoms with Gasteiger partial charge in [-0.3, -0.25) is 4.79 Å². The highest BCUT2D eigenvalue weighted by molar-refractivity contribution is 9.10. The van der Waals surface area contributed by atoms with Gasteiger partial charge in [-0.25, -0.2) is 4.98 Å². The molecule has 2 aromatic carbocycles. The van der Waals surface area contributed by atoms with Crippen LogP contribution in [0.2, 0.25) is 0 Å². The molecule has 0 saturated heterocycles. The lowest BCUT2D eigenvalue weighted by Crippen LogP contribution is -2.19. The molecule has 2 aromatic heterocycles. The van der Waals surface area contributed by atoms with E-state index >= 15 is 0 Å². The second-order valence-corrected chi connectivity index (χ2v) is 6.51. The minimum atomic E-state index is -0.0294. The quantitative estimate of drug-likeness (QED) is 0.541. The number of halogens is 1. The first-order chi connectivity index (χ1) is 11.1. The van der Waals surface area contributed by atoms with E-state index in [9.17, 15) is 4.79 Å². The summed E-state index contributed by atoms with van der Waals surface area (Å²) in [5.41, 5.74) is 3.54. The van der Waals surface area contributed by atoms with E-state index in [1.807, 2.05) is 36.4 Å². The van der Waals surface area contributed by atoms with Crippen molar-refractivity contribution in [3.8, 4) is 0 Å². The van der Waals surface area contributed by atoms with Crippen LogP contribution >= 0.6 is 15.9 Å². The first kappa shape index (κ1) is 14.2. The Labute approximate surface area is 141 Å². The smallest absolute Gasteiger partial charge is 0.277 e. The number of benzene rings is 2. The van der Waals surface area contributed by atoms with Gasteiger partial charge >= 0.3 is 0 Å². The fourth-order valence-electron chi connectivity index (χ4n) is 2.95. The number of aromatic nitrogens is 3. The van der Waals surface area contributed by atoms with Gasteiger partial charge in [0.25, 0.3) is 5.56 Å². The van der Waals surface area contributed by atoms with E-state index in [-0.39, 0.29) is 5.56 Å². The van der Waals surface area contributed by atoms with Gasteiger partial charge in [-0.15, -0.1) is 0 Å². The fourth-order valence-corrected chi connectivity index (χ4v) is 3.31. The summed E-state index contributed by atoms with van der Waals surface area (Å²) < 4.78 is 4.56. The van der Waals surface area contributed by atoms with Gasteiger partial charge in [0.05, 0.1) is 11.8 Å². The van der Waals surface area contributed by atoms with Crippen LogP contribution in [0.5, 0.6) is 0 Å². The van der Waals surface area contributed by atoms with E-state index in [4.69, 9.17) is 0 Å². The third-order valence-electron chi connectivity index (χ3n) is 4.07. The molecule has 2 heterocycles. The Balaban J connectivity index is 2.10. The normalized spacial score (nSPS) is 11.4. The first-order valence-electron chi connectivity index (χ1n) is 7.32. The van der Waals surface area contributed by atoms with E-state index in [1.54, 1.807) is 13.4 Å². The predicted octanol–water partition coefficient (Wildman–Crippen LogP) is 3.70. The maximum atomic E-state index is 12.7. The van der Waals surface area contributed by atoms with Crippen molar-refractivity contribution in [2.24, 2.45) is 7.05 Å². The molecule has 0 fully saturated rings. The summed E-state index contributed by atoms with van der Waals surface area (Å²) >= 11 is 3.51. The van der Waals surface area contributed by atoms with Crippen molar-refractivity contribution in [2.45, 2.75) is 6.54 Å². The van der Waals surface area contributed by atoms with Crippen molar-refractivity contribution in [1.29, 1.82) is 0 Å². The van der Waals surface area contributed by atoms with Crippen LogP contribution in [0, 0.1) is 0 Å². The van der Waals surface area contributed by atoms with Crippen LogP contribution in [0.3, 0.4) is 0 Å². The zero-order chi connectivity index (χ0) is 16.0. The summed E-state index contributed by atoms with van der Waals surface area (Å²) in [4.78, 5) is 17.2. The summed E-state index contributed by atoms with van der Waals surface area (Å²) in [7, 11) is 1.73. The molecule has 23 heavy (non-hydrogen) atoms. The van der Waals surface area contributed by atoms with Gasteiger partial charge in [0.2, 0.25) is 0 Å². The van der Waals surface area contributed by atoms with E-state index in [0.29, 0.717) is 12.1 Å². The van der Waals surface area contributed by atoms with Crippen molar-refractivity contribution in [3.63, 3.8) is 0 Å². The molecular weight excluding hydrogens is 354 g/mol. The maximum absolute atomic E-state index is 12.7. The van der Waals surface area contributed by atoms with Crippen molar-refractivity contribution in [2.75, 3.05) is 0 Å². The van der Waals surface area contributed by atoms with Crippen LogP contribution in [0.4, 0.5) is 0 Å². The monoisotopic (exact) mass is 367 g/mol. The average molecular weight is 368 g/mol. The van der Waals surface area contributed by atoms with Crippen LogP contribution in [0.15, 0.2) is 64.1 Å². The Hall–Kier alpha value is -2.40. The minimum Gasteiger partial charge on any atom is -0.330 e.